The number of carbonyl (C=O) groups excluding carboxylic acids is 1. The van der Waals surface area contributed by atoms with E-state index in [1.54, 1.807) is 0 Å². The summed E-state index contributed by atoms with van der Waals surface area (Å²) < 4.78 is 0. The van der Waals surface area contributed by atoms with Gasteiger partial charge in [0.05, 0.1) is 11.7 Å². The van der Waals surface area contributed by atoms with Crippen LogP contribution >= 0.6 is 0 Å². The SMILES string of the molecule is CCCC1NC2(CC2)C(=O)N1C1CC1C. The van der Waals surface area contributed by atoms with E-state index in [0.717, 1.165) is 31.6 Å². The van der Waals surface area contributed by atoms with E-state index in [1.165, 1.54) is 6.42 Å². The van der Waals surface area contributed by atoms with Crippen molar-refractivity contribution in [3.63, 3.8) is 0 Å². The zero-order valence-corrected chi connectivity index (χ0v) is 9.62. The Morgan fingerprint density at radius 1 is 1.53 bits per heavy atom. The molecule has 3 nitrogen and oxygen atoms in total. The minimum absolute atomic E-state index is 0.109. The highest BCUT2D eigenvalue weighted by atomic mass is 16.2. The van der Waals surface area contributed by atoms with Crippen molar-refractivity contribution in [2.24, 2.45) is 5.92 Å². The van der Waals surface area contributed by atoms with Crippen LogP contribution in [0.4, 0.5) is 0 Å². The molecular formula is C12H20N2O. The first-order chi connectivity index (χ1) is 7.18. The van der Waals surface area contributed by atoms with Crippen LogP contribution in [-0.2, 0) is 4.79 Å². The fourth-order valence-corrected chi connectivity index (χ4v) is 2.88. The number of amides is 1. The van der Waals surface area contributed by atoms with Gasteiger partial charge in [0.15, 0.2) is 0 Å². The lowest BCUT2D eigenvalue weighted by Crippen LogP contribution is -2.39. The van der Waals surface area contributed by atoms with Gasteiger partial charge in [-0.1, -0.05) is 20.3 Å². The van der Waals surface area contributed by atoms with Gasteiger partial charge in [-0.15, -0.1) is 0 Å². The molecule has 3 fully saturated rings. The molecule has 1 spiro atoms. The summed E-state index contributed by atoms with van der Waals surface area (Å²) >= 11 is 0. The van der Waals surface area contributed by atoms with Crippen LogP contribution in [0, 0.1) is 5.92 Å². The van der Waals surface area contributed by atoms with E-state index in [9.17, 15) is 4.79 Å². The highest BCUT2D eigenvalue weighted by Gasteiger charge is 2.62. The Morgan fingerprint density at radius 2 is 2.20 bits per heavy atom. The first-order valence-electron chi connectivity index (χ1n) is 6.28. The molecule has 15 heavy (non-hydrogen) atoms. The summed E-state index contributed by atoms with van der Waals surface area (Å²) in [5, 5.41) is 3.56. The van der Waals surface area contributed by atoms with E-state index in [-0.39, 0.29) is 5.54 Å². The van der Waals surface area contributed by atoms with Gasteiger partial charge in [0, 0.05) is 6.04 Å². The molecule has 0 bridgehead atoms. The smallest absolute Gasteiger partial charge is 0.244 e. The fraction of sp³-hybridized carbons (Fsp3) is 0.917. The zero-order chi connectivity index (χ0) is 10.6. The summed E-state index contributed by atoms with van der Waals surface area (Å²) in [7, 11) is 0. The van der Waals surface area contributed by atoms with Gasteiger partial charge in [-0.25, -0.2) is 0 Å². The molecule has 0 radical (unpaired) electrons. The molecule has 1 aliphatic heterocycles. The number of hydrogen-bond acceptors (Lipinski definition) is 2. The fourth-order valence-electron chi connectivity index (χ4n) is 2.88. The van der Waals surface area contributed by atoms with E-state index in [0.29, 0.717) is 18.1 Å². The maximum absolute atomic E-state index is 12.3. The number of rotatable bonds is 3. The molecule has 3 heteroatoms. The van der Waals surface area contributed by atoms with Gasteiger partial charge in [-0.2, -0.15) is 0 Å². The second-order valence-corrected chi connectivity index (χ2v) is 5.52. The largest absolute Gasteiger partial charge is 0.322 e. The Hall–Kier alpha value is -0.570. The Bertz CT molecular complexity index is 298. The first-order valence-corrected chi connectivity index (χ1v) is 6.28. The first kappa shape index (κ1) is 9.64. The molecule has 3 rings (SSSR count). The molecule has 1 heterocycles. The molecule has 0 aromatic carbocycles. The van der Waals surface area contributed by atoms with E-state index in [1.807, 2.05) is 0 Å². The molecule has 0 aromatic rings. The molecular weight excluding hydrogens is 188 g/mol. The Kier molecular flexibility index (Phi) is 1.91. The van der Waals surface area contributed by atoms with Crippen molar-refractivity contribution in [2.75, 3.05) is 0 Å². The quantitative estimate of drug-likeness (QED) is 0.762. The van der Waals surface area contributed by atoms with Crippen molar-refractivity contribution in [1.82, 2.24) is 10.2 Å². The summed E-state index contributed by atoms with van der Waals surface area (Å²) in [6, 6.07) is 0.543. The van der Waals surface area contributed by atoms with Crippen LogP contribution in [0.3, 0.4) is 0 Å². The summed E-state index contributed by atoms with van der Waals surface area (Å²) in [5.41, 5.74) is -0.109. The molecule has 2 saturated carbocycles. The maximum Gasteiger partial charge on any atom is 0.244 e. The monoisotopic (exact) mass is 208 g/mol. The highest BCUT2D eigenvalue weighted by Crippen LogP contribution is 2.48. The molecule has 0 aromatic heterocycles. The molecule has 1 N–H and O–H groups in total. The van der Waals surface area contributed by atoms with Gasteiger partial charge in [0.1, 0.15) is 0 Å². The van der Waals surface area contributed by atoms with Gasteiger partial charge < -0.3 is 4.90 Å². The molecule has 2 aliphatic carbocycles. The van der Waals surface area contributed by atoms with E-state index in [2.05, 4.69) is 24.1 Å². The van der Waals surface area contributed by atoms with Gasteiger partial charge in [0.2, 0.25) is 5.91 Å². The van der Waals surface area contributed by atoms with Crippen LogP contribution in [-0.4, -0.2) is 28.6 Å². The molecule has 1 amide bonds. The van der Waals surface area contributed by atoms with Crippen molar-refractivity contribution < 1.29 is 4.79 Å². The van der Waals surface area contributed by atoms with E-state index >= 15 is 0 Å². The van der Waals surface area contributed by atoms with Crippen molar-refractivity contribution in [2.45, 2.75) is 63.7 Å². The van der Waals surface area contributed by atoms with E-state index in [4.69, 9.17) is 0 Å². The lowest BCUT2D eigenvalue weighted by molar-refractivity contribution is -0.131. The Balaban J connectivity index is 1.79. The van der Waals surface area contributed by atoms with Crippen LogP contribution < -0.4 is 5.32 Å². The molecule has 1 saturated heterocycles. The normalized spacial score (nSPS) is 41.3. The topological polar surface area (TPSA) is 32.3 Å². The van der Waals surface area contributed by atoms with Gasteiger partial charge in [0.25, 0.3) is 0 Å². The van der Waals surface area contributed by atoms with Gasteiger partial charge >= 0.3 is 0 Å². The summed E-state index contributed by atoms with van der Waals surface area (Å²) in [4.78, 5) is 14.4. The third kappa shape index (κ3) is 1.32. The van der Waals surface area contributed by atoms with Gasteiger partial charge in [-0.05, 0) is 31.6 Å². The van der Waals surface area contributed by atoms with Gasteiger partial charge in [-0.3, -0.25) is 10.1 Å². The number of nitrogens with zero attached hydrogens (tertiary/aromatic N) is 1. The predicted molar refractivity (Wildman–Crippen MR) is 58.2 cm³/mol. The third-order valence-electron chi connectivity index (χ3n) is 4.16. The van der Waals surface area contributed by atoms with Crippen LogP contribution in [0.5, 0.6) is 0 Å². The second-order valence-electron chi connectivity index (χ2n) is 5.52. The van der Waals surface area contributed by atoms with Crippen LogP contribution in [0.25, 0.3) is 0 Å². The minimum Gasteiger partial charge on any atom is -0.322 e. The lowest BCUT2D eigenvalue weighted by atomic mass is 10.2. The molecule has 84 valence electrons. The number of nitrogens with one attached hydrogen (secondary N) is 1. The van der Waals surface area contributed by atoms with Crippen molar-refractivity contribution in [1.29, 1.82) is 0 Å². The average Bonchev–Trinajstić information content (AvgIpc) is 3.06. The second kappa shape index (κ2) is 2.97. The average molecular weight is 208 g/mol. The molecule has 3 atom stereocenters. The Labute approximate surface area is 91.2 Å². The molecule has 3 aliphatic rings. The minimum atomic E-state index is -0.109. The van der Waals surface area contributed by atoms with Crippen LogP contribution in [0.15, 0.2) is 0 Å². The Morgan fingerprint density at radius 3 is 2.67 bits per heavy atom. The van der Waals surface area contributed by atoms with E-state index < -0.39 is 0 Å². The summed E-state index contributed by atoms with van der Waals surface area (Å²) in [6.07, 6.45) is 5.92. The van der Waals surface area contributed by atoms with Crippen molar-refractivity contribution in [3.8, 4) is 0 Å². The maximum atomic E-state index is 12.3. The zero-order valence-electron chi connectivity index (χ0n) is 9.62. The number of carbonyl (C=O) groups is 1. The summed E-state index contributed by atoms with van der Waals surface area (Å²) in [6.45, 7) is 4.44. The van der Waals surface area contributed by atoms with Crippen molar-refractivity contribution >= 4 is 5.91 Å². The van der Waals surface area contributed by atoms with Crippen molar-refractivity contribution in [3.05, 3.63) is 0 Å². The summed E-state index contributed by atoms with van der Waals surface area (Å²) in [5.74, 6) is 1.12. The third-order valence-corrected chi connectivity index (χ3v) is 4.16. The molecule has 3 unspecified atom stereocenters. The lowest BCUT2D eigenvalue weighted by Gasteiger charge is -2.24. The standard InChI is InChI=1S/C12H20N2O/c1-3-4-10-13-12(5-6-12)11(15)14(10)9-7-8(9)2/h8-10,13H,3-7H2,1-2H3. The van der Waals surface area contributed by atoms with Crippen LogP contribution in [0.2, 0.25) is 0 Å². The number of hydrogen-bond donors (Lipinski definition) is 1. The predicted octanol–water partition coefficient (Wildman–Crippen LogP) is 1.49. The highest BCUT2D eigenvalue weighted by molar-refractivity contribution is 5.92. The van der Waals surface area contributed by atoms with Crippen LogP contribution in [0.1, 0.15) is 46.0 Å².